The van der Waals surface area contributed by atoms with Crippen molar-refractivity contribution in [1.82, 2.24) is 0 Å². The van der Waals surface area contributed by atoms with E-state index in [1.165, 1.54) is 42.5 Å². The van der Waals surface area contributed by atoms with E-state index in [1.807, 2.05) is 38.1 Å². The number of carbonyl (C=O) groups is 2. The van der Waals surface area contributed by atoms with Gasteiger partial charge in [0.1, 0.15) is 11.3 Å². The molecule has 1 aliphatic heterocycles. The topological polar surface area (TPSA) is 194 Å². The molecule has 0 bridgehead atoms. The standard InChI is InChI=1S/C31H26N6O7S/c1-17-14-20(4-12-26(17)33-32-22-6-11-25(31(40)41)28(38)16-22)21-5-13-27(18(2)15-21)34-35-29-19(3)36-37(30(29)39)23-7-9-24(10-8-23)45(42,43)44/h4-16,29,38H,1-3H3,(H,40,41)(H,42,43,44). The van der Waals surface area contributed by atoms with Crippen LogP contribution in [0.5, 0.6) is 5.75 Å². The summed E-state index contributed by atoms with van der Waals surface area (Å²) >= 11 is 0. The van der Waals surface area contributed by atoms with E-state index in [1.54, 1.807) is 19.1 Å². The SMILES string of the molecule is CC1=NN(c2ccc(S(=O)(=O)O)cc2)C(=O)C1N=Nc1ccc(-c2ccc(N=Nc3ccc(C(=O)O)c(O)c3)c(C)c2)cc1C. The van der Waals surface area contributed by atoms with E-state index in [9.17, 15) is 27.7 Å². The Morgan fingerprint density at radius 2 is 1.42 bits per heavy atom. The molecule has 0 radical (unpaired) electrons. The average molecular weight is 627 g/mol. The quantitative estimate of drug-likeness (QED) is 0.139. The Bertz CT molecular complexity index is 2040. The third-order valence-electron chi connectivity index (χ3n) is 6.97. The molecule has 1 aliphatic rings. The van der Waals surface area contributed by atoms with Crippen molar-refractivity contribution in [2.75, 3.05) is 5.01 Å². The van der Waals surface area contributed by atoms with Gasteiger partial charge in [-0.2, -0.15) is 39.0 Å². The zero-order valence-corrected chi connectivity index (χ0v) is 25.0. The lowest BCUT2D eigenvalue weighted by Gasteiger charge is -2.12. The summed E-state index contributed by atoms with van der Waals surface area (Å²) in [5.41, 5.74) is 5.50. The van der Waals surface area contributed by atoms with Crippen molar-refractivity contribution in [3.8, 4) is 16.9 Å². The fourth-order valence-electron chi connectivity index (χ4n) is 4.52. The molecule has 1 unspecified atom stereocenters. The number of nitrogens with zero attached hydrogens (tertiary/aromatic N) is 6. The highest BCUT2D eigenvalue weighted by atomic mass is 32.2. The highest BCUT2D eigenvalue weighted by molar-refractivity contribution is 7.85. The fourth-order valence-corrected chi connectivity index (χ4v) is 5.00. The van der Waals surface area contributed by atoms with E-state index in [2.05, 4.69) is 25.6 Å². The molecule has 4 aromatic rings. The number of hydrazone groups is 1. The van der Waals surface area contributed by atoms with Gasteiger partial charge in [-0.25, -0.2) is 4.79 Å². The summed E-state index contributed by atoms with van der Waals surface area (Å²) in [5.74, 6) is -2.08. The van der Waals surface area contributed by atoms with Gasteiger partial charge in [-0.15, -0.1) is 0 Å². The van der Waals surface area contributed by atoms with E-state index in [0.717, 1.165) is 27.3 Å². The van der Waals surface area contributed by atoms with Crippen LogP contribution in [0, 0.1) is 13.8 Å². The van der Waals surface area contributed by atoms with Crippen molar-refractivity contribution in [3.05, 3.63) is 95.6 Å². The van der Waals surface area contributed by atoms with Crippen molar-refractivity contribution in [1.29, 1.82) is 0 Å². The molecule has 0 aliphatic carbocycles. The molecule has 4 aromatic carbocycles. The van der Waals surface area contributed by atoms with E-state index in [-0.39, 0.29) is 10.5 Å². The van der Waals surface area contributed by atoms with Crippen LogP contribution in [0.4, 0.5) is 22.7 Å². The number of anilines is 1. The maximum Gasteiger partial charge on any atom is 0.339 e. The van der Waals surface area contributed by atoms with Crippen LogP contribution >= 0.6 is 0 Å². The first-order valence-corrected chi connectivity index (χ1v) is 14.8. The largest absolute Gasteiger partial charge is 0.507 e. The summed E-state index contributed by atoms with van der Waals surface area (Å²) in [7, 11) is -4.36. The van der Waals surface area contributed by atoms with Gasteiger partial charge < -0.3 is 10.2 Å². The first-order valence-electron chi connectivity index (χ1n) is 13.4. The third kappa shape index (κ3) is 6.66. The van der Waals surface area contributed by atoms with Gasteiger partial charge in [-0.05, 0) is 104 Å². The number of carboxylic acid groups (broad SMARTS) is 1. The molecule has 13 nitrogen and oxygen atoms in total. The summed E-state index contributed by atoms with van der Waals surface area (Å²) in [6.07, 6.45) is 0. The Labute approximate surface area is 257 Å². The molecule has 0 spiro atoms. The lowest BCUT2D eigenvalue weighted by molar-refractivity contribution is -0.117. The number of phenols is 1. The van der Waals surface area contributed by atoms with E-state index in [0.29, 0.717) is 28.5 Å². The molecule has 5 rings (SSSR count). The van der Waals surface area contributed by atoms with Gasteiger partial charge in [0.2, 0.25) is 0 Å². The number of aryl methyl sites for hydroxylation is 2. The highest BCUT2D eigenvalue weighted by Gasteiger charge is 2.35. The van der Waals surface area contributed by atoms with Gasteiger partial charge in [-0.1, -0.05) is 12.1 Å². The number of carbonyl (C=O) groups excluding carboxylic acids is 1. The summed E-state index contributed by atoms with van der Waals surface area (Å²) in [4.78, 5) is 23.8. The highest BCUT2D eigenvalue weighted by Crippen LogP contribution is 2.32. The third-order valence-corrected chi connectivity index (χ3v) is 7.84. The van der Waals surface area contributed by atoms with Gasteiger partial charge in [0.05, 0.1) is 33.4 Å². The van der Waals surface area contributed by atoms with Crippen molar-refractivity contribution in [2.24, 2.45) is 25.6 Å². The van der Waals surface area contributed by atoms with E-state index >= 15 is 0 Å². The number of hydrogen-bond donors (Lipinski definition) is 3. The molecule has 45 heavy (non-hydrogen) atoms. The van der Waals surface area contributed by atoms with Crippen LogP contribution in [-0.4, -0.2) is 46.8 Å². The predicted octanol–water partition coefficient (Wildman–Crippen LogP) is 6.91. The molecule has 0 fully saturated rings. The number of amides is 1. The van der Waals surface area contributed by atoms with Gasteiger partial charge in [0, 0.05) is 6.07 Å². The van der Waals surface area contributed by atoms with Crippen LogP contribution in [0.15, 0.2) is 109 Å². The van der Waals surface area contributed by atoms with Crippen LogP contribution in [0.3, 0.4) is 0 Å². The number of carboxylic acids is 1. The zero-order chi connectivity index (χ0) is 32.5. The molecule has 1 amide bonds. The molecule has 0 saturated heterocycles. The van der Waals surface area contributed by atoms with Crippen LogP contribution in [0.1, 0.15) is 28.4 Å². The average Bonchev–Trinajstić information content (AvgIpc) is 3.27. The fraction of sp³-hybridized carbons (Fsp3) is 0.129. The molecule has 0 saturated carbocycles. The van der Waals surface area contributed by atoms with E-state index in [4.69, 9.17) is 5.11 Å². The maximum atomic E-state index is 13.0. The molecular formula is C31H26N6O7S. The smallest absolute Gasteiger partial charge is 0.339 e. The molecule has 14 heteroatoms. The Morgan fingerprint density at radius 1 is 0.822 bits per heavy atom. The molecule has 3 N–H and O–H groups in total. The Morgan fingerprint density at radius 3 is 1.96 bits per heavy atom. The Kier molecular flexibility index (Phi) is 8.35. The predicted molar refractivity (Wildman–Crippen MR) is 166 cm³/mol. The van der Waals surface area contributed by atoms with E-state index < -0.39 is 33.8 Å². The van der Waals surface area contributed by atoms with Crippen molar-refractivity contribution in [3.63, 3.8) is 0 Å². The lowest BCUT2D eigenvalue weighted by atomic mass is 10.0. The molecular weight excluding hydrogens is 600 g/mol. The van der Waals surface area contributed by atoms with Crippen molar-refractivity contribution >= 4 is 50.5 Å². The number of aromatic carboxylic acids is 1. The van der Waals surface area contributed by atoms with Gasteiger partial charge in [0.15, 0.2) is 6.04 Å². The molecule has 0 aromatic heterocycles. The normalized spacial score (nSPS) is 15.3. The summed E-state index contributed by atoms with van der Waals surface area (Å²) in [5, 5.41) is 41.2. The number of benzene rings is 4. The van der Waals surface area contributed by atoms with Crippen LogP contribution in [-0.2, 0) is 14.9 Å². The number of azo groups is 2. The second kappa shape index (κ2) is 12.2. The summed E-state index contributed by atoms with van der Waals surface area (Å²) in [6.45, 7) is 5.40. The molecule has 1 atom stereocenters. The zero-order valence-electron chi connectivity index (χ0n) is 24.1. The molecule has 1 heterocycles. The van der Waals surface area contributed by atoms with Crippen molar-refractivity contribution < 1.29 is 32.8 Å². The maximum absolute atomic E-state index is 13.0. The lowest BCUT2D eigenvalue weighted by Crippen LogP contribution is -2.29. The van der Waals surface area contributed by atoms with Crippen LogP contribution < -0.4 is 5.01 Å². The minimum absolute atomic E-state index is 0.218. The van der Waals surface area contributed by atoms with Gasteiger partial charge in [0.25, 0.3) is 16.0 Å². The summed E-state index contributed by atoms with van der Waals surface area (Å²) < 4.78 is 31.8. The van der Waals surface area contributed by atoms with Crippen LogP contribution in [0.25, 0.3) is 11.1 Å². The Balaban J connectivity index is 1.28. The second-order valence-corrected chi connectivity index (χ2v) is 11.6. The first-order chi connectivity index (χ1) is 21.3. The molecule has 228 valence electrons. The number of hydrogen-bond acceptors (Lipinski definition) is 10. The van der Waals surface area contributed by atoms with Gasteiger partial charge >= 0.3 is 5.97 Å². The van der Waals surface area contributed by atoms with Crippen molar-refractivity contribution in [2.45, 2.75) is 31.7 Å². The van der Waals surface area contributed by atoms with Gasteiger partial charge in [-0.3, -0.25) is 9.35 Å². The minimum atomic E-state index is -4.36. The minimum Gasteiger partial charge on any atom is -0.507 e. The monoisotopic (exact) mass is 626 g/mol. The summed E-state index contributed by atoms with van der Waals surface area (Å²) in [6, 6.07) is 19.3. The van der Waals surface area contributed by atoms with Crippen LogP contribution in [0.2, 0.25) is 0 Å². The first kappa shape index (κ1) is 30.8. The Hall–Kier alpha value is -5.60. The second-order valence-electron chi connectivity index (χ2n) is 10.2. The number of aromatic hydroxyl groups is 1. The number of rotatable bonds is 8.